The summed E-state index contributed by atoms with van der Waals surface area (Å²) in [6.45, 7) is 0.609. The minimum Gasteiger partial charge on any atom is -0.481 e. The number of pyridine rings is 1. The van der Waals surface area contributed by atoms with E-state index >= 15 is 0 Å². The molecule has 0 bridgehead atoms. The second-order valence-corrected chi connectivity index (χ2v) is 7.02. The van der Waals surface area contributed by atoms with Gasteiger partial charge in [-0.05, 0) is 31.0 Å². The monoisotopic (exact) mass is 532 g/mol. The maximum absolute atomic E-state index is 11.8. The largest absolute Gasteiger partial charge is 0.573 e. The predicted molar refractivity (Wildman–Crippen MR) is 122 cm³/mol. The zero-order valence-electron chi connectivity index (χ0n) is 19.0. The van der Waals surface area contributed by atoms with Crippen molar-refractivity contribution in [3.05, 3.63) is 52.1 Å². The number of para-hydroxylation sites is 1. The fraction of sp³-hybridized carbons (Fsp3) is 0.333. The lowest BCUT2D eigenvalue weighted by atomic mass is 10.2. The Kier molecular flexibility index (Phi) is 12.1. The third-order valence-corrected chi connectivity index (χ3v) is 4.15. The Morgan fingerprint density at radius 2 is 1.51 bits per heavy atom. The SMILES string of the molecule is O=C(O)CCCNc1ccc([N+](=O)[O-])c(NCCCC(=O)O)n1.O=C(O)c1ccccc1OC(F)(F)F. The van der Waals surface area contributed by atoms with Crippen LogP contribution < -0.4 is 15.4 Å². The van der Waals surface area contributed by atoms with Crippen LogP contribution in [0.25, 0.3) is 0 Å². The van der Waals surface area contributed by atoms with E-state index in [1.54, 1.807) is 0 Å². The number of halogens is 3. The number of benzene rings is 1. The van der Waals surface area contributed by atoms with Crippen molar-refractivity contribution in [2.24, 2.45) is 0 Å². The van der Waals surface area contributed by atoms with E-state index in [1.165, 1.54) is 24.3 Å². The molecule has 1 aromatic heterocycles. The summed E-state index contributed by atoms with van der Waals surface area (Å²) in [6, 6.07) is 7.26. The summed E-state index contributed by atoms with van der Waals surface area (Å²) < 4.78 is 38.8. The summed E-state index contributed by atoms with van der Waals surface area (Å²) in [5.74, 6) is -3.60. The molecule has 0 saturated carbocycles. The molecule has 5 N–H and O–H groups in total. The van der Waals surface area contributed by atoms with Crippen molar-refractivity contribution >= 4 is 35.2 Å². The van der Waals surface area contributed by atoms with Crippen LogP contribution in [0, 0.1) is 10.1 Å². The number of carbonyl (C=O) groups is 3. The van der Waals surface area contributed by atoms with E-state index in [0.717, 1.165) is 12.1 Å². The third-order valence-electron chi connectivity index (χ3n) is 4.15. The number of rotatable bonds is 13. The van der Waals surface area contributed by atoms with Crippen molar-refractivity contribution in [1.29, 1.82) is 0 Å². The van der Waals surface area contributed by atoms with E-state index in [4.69, 9.17) is 15.3 Å². The van der Waals surface area contributed by atoms with Gasteiger partial charge in [0.05, 0.1) is 4.92 Å². The highest BCUT2D eigenvalue weighted by molar-refractivity contribution is 5.90. The van der Waals surface area contributed by atoms with E-state index in [-0.39, 0.29) is 30.9 Å². The van der Waals surface area contributed by atoms with E-state index in [2.05, 4.69) is 20.4 Å². The standard InChI is InChI=1S/C13H18N4O6.C8H5F3O3/c18-11(19)3-1-7-14-10-6-5-9(17(22)23)13(16-10)15-8-2-4-12(20)21;9-8(10,11)14-6-4-2-1-3-5(6)7(12)13/h5-6H,1-4,7-8H2,(H,18,19)(H,20,21)(H2,14,15,16);1-4H,(H,12,13). The van der Waals surface area contributed by atoms with Crippen LogP contribution in [-0.4, -0.2) is 62.6 Å². The fourth-order valence-electron chi connectivity index (χ4n) is 2.59. The van der Waals surface area contributed by atoms with Crippen molar-refractivity contribution in [2.45, 2.75) is 32.0 Å². The number of hydrogen-bond acceptors (Lipinski definition) is 9. The van der Waals surface area contributed by atoms with Gasteiger partial charge in [0.15, 0.2) is 0 Å². The summed E-state index contributed by atoms with van der Waals surface area (Å²) >= 11 is 0. The Balaban J connectivity index is 0.000000417. The quantitative estimate of drug-likeness (QED) is 0.142. The van der Waals surface area contributed by atoms with Gasteiger partial charge in [0, 0.05) is 32.0 Å². The van der Waals surface area contributed by atoms with Gasteiger partial charge in [-0.1, -0.05) is 12.1 Å². The highest BCUT2D eigenvalue weighted by Crippen LogP contribution is 2.26. The highest BCUT2D eigenvalue weighted by Gasteiger charge is 2.32. The van der Waals surface area contributed by atoms with Crippen molar-refractivity contribution < 1.29 is 52.5 Å². The molecule has 1 aromatic carbocycles. The molecule has 0 fully saturated rings. The Morgan fingerprint density at radius 3 is 2.03 bits per heavy atom. The van der Waals surface area contributed by atoms with E-state index in [0.29, 0.717) is 25.2 Å². The van der Waals surface area contributed by atoms with E-state index < -0.39 is 40.5 Å². The molecule has 0 saturated heterocycles. The number of aromatic carboxylic acids is 1. The van der Waals surface area contributed by atoms with Crippen LogP contribution in [0.1, 0.15) is 36.0 Å². The van der Waals surface area contributed by atoms with Gasteiger partial charge in [-0.2, -0.15) is 0 Å². The molecule has 0 amide bonds. The van der Waals surface area contributed by atoms with Gasteiger partial charge in [-0.15, -0.1) is 13.2 Å². The number of alkyl halides is 3. The van der Waals surface area contributed by atoms with Crippen molar-refractivity contribution in [3.63, 3.8) is 0 Å². The molecular weight excluding hydrogens is 509 g/mol. The van der Waals surface area contributed by atoms with Gasteiger partial charge in [0.1, 0.15) is 17.1 Å². The summed E-state index contributed by atoms with van der Waals surface area (Å²) in [5, 5.41) is 42.2. The fourth-order valence-corrected chi connectivity index (χ4v) is 2.59. The van der Waals surface area contributed by atoms with E-state index in [9.17, 15) is 37.7 Å². The van der Waals surface area contributed by atoms with Gasteiger partial charge in [-0.3, -0.25) is 19.7 Å². The topological polar surface area (TPSA) is 201 Å². The molecule has 0 aliphatic heterocycles. The summed E-state index contributed by atoms with van der Waals surface area (Å²) in [6.07, 6.45) is -4.21. The number of hydrogen-bond donors (Lipinski definition) is 5. The minimum atomic E-state index is -4.88. The molecule has 37 heavy (non-hydrogen) atoms. The molecule has 0 spiro atoms. The zero-order valence-corrected chi connectivity index (χ0v) is 19.0. The molecule has 13 nitrogen and oxygen atoms in total. The highest BCUT2D eigenvalue weighted by atomic mass is 19.4. The van der Waals surface area contributed by atoms with E-state index in [1.807, 2.05) is 0 Å². The second-order valence-electron chi connectivity index (χ2n) is 7.02. The average Bonchev–Trinajstić information content (AvgIpc) is 2.79. The molecule has 0 aliphatic carbocycles. The summed E-state index contributed by atoms with van der Waals surface area (Å²) in [7, 11) is 0. The van der Waals surface area contributed by atoms with Crippen LogP contribution >= 0.6 is 0 Å². The predicted octanol–water partition coefficient (Wildman–Crippen LogP) is 3.83. The third kappa shape index (κ3) is 12.6. The maximum Gasteiger partial charge on any atom is 0.573 e. The van der Waals surface area contributed by atoms with Crippen LogP contribution in [0.2, 0.25) is 0 Å². The first-order valence-corrected chi connectivity index (χ1v) is 10.4. The number of nitrogens with one attached hydrogen (secondary N) is 2. The number of carboxylic acids is 3. The number of nitro groups is 1. The van der Waals surface area contributed by atoms with Crippen LogP contribution in [0.5, 0.6) is 5.75 Å². The van der Waals surface area contributed by atoms with Crippen LogP contribution in [-0.2, 0) is 9.59 Å². The van der Waals surface area contributed by atoms with Gasteiger partial charge in [0.25, 0.3) is 0 Å². The van der Waals surface area contributed by atoms with Crippen molar-refractivity contribution in [3.8, 4) is 5.75 Å². The van der Waals surface area contributed by atoms with Crippen LogP contribution in [0.4, 0.5) is 30.5 Å². The van der Waals surface area contributed by atoms with Crippen molar-refractivity contribution in [1.82, 2.24) is 4.98 Å². The molecule has 2 aromatic rings. The molecule has 0 unspecified atom stereocenters. The molecule has 16 heteroatoms. The lowest BCUT2D eigenvalue weighted by Crippen LogP contribution is -2.18. The molecule has 2 rings (SSSR count). The Hall–Kier alpha value is -4.63. The van der Waals surface area contributed by atoms with Gasteiger partial charge in [0.2, 0.25) is 5.82 Å². The smallest absolute Gasteiger partial charge is 0.481 e. The lowest BCUT2D eigenvalue weighted by Gasteiger charge is -2.10. The molecule has 202 valence electrons. The second kappa shape index (κ2) is 14.7. The maximum atomic E-state index is 11.8. The van der Waals surface area contributed by atoms with Crippen molar-refractivity contribution in [2.75, 3.05) is 23.7 Å². The molecule has 1 heterocycles. The molecule has 0 atom stereocenters. The first-order chi connectivity index (χ1) is 17.3. The number of ether oxygens (including phenoxy) is 1. The Morgan fingerprint density at radius 1 is 0.946 bits per heavy atom. The lowest BCUT2D eigenvalue weighted by molar-refractivity contribution is -0.384. The summed E-state index contributed by atoms with van der Waals surface area (Å²) in [5.41, 5.74) is -0.735. The van der Waals surface area contributed by atoms with Gasteiger partial charge < -0.3 is 30.7 Å². The zero-order chi connectivity index (χ0) is 28.0. The minimum absolute atomic E-state index is 0.0142. The van der Waals surface area contributed by atoms with Gasteiger partial charge >= 0.3 is 30.0 Å². The number of aliphatic carboxylic acids is 2. The normalized spacial score (nSPS) is 10.5. The number of aromatic nitrogens is 1. The molecular formula is C21H23F3N4O9. The number of nitrogens with zero attached hydrogens (tertiary/aromatic N) is 2. The molecule has 0 aliphatic rings. The van der Waals surface area contributed by atoms with Gasteiger partial charge in [-0.25, -0.2) is 9.78 Å². The first-order valence-electron chi connectivity index (χ1n) is 10.4. The Bertz CT molecular complexity index is 1100. The molecule has 0 radical (unpaired) electrons. The number of carboxylic acid groups (broad SMARTS) is 3. The van der Waals surface area contributed by atoms with Crippen LogP contribution in [0.15, 0.2) is 36.4 Å². The first kappa shape index (κ1) is 30.4. The Labute approximate surface area is 207 Å². The summed E-state index contributed by atoms with van der Waals surface area (Å²) in [4.78, 5) is 45.7. The van der Waals surface area contributed by atoms with Crippen LogP contribution in [0.3, 0.4) is 0 Å². The number of anilines is 2. The average molecular weight is 532 g/mol.